The molecular formula is C14H12N2O3. The molecule has 1 aromatic heterocycles. The van der Waals surface area contributed by atoms with Crippen LogP contribution in [0.2, 0.25) is 0 Å². The molecule has 1 aliphatic rings. The number of hydrogen-bond acceptors (Lipinski definition) is 4. The van der Waals surface area contributed by atoms with Crippen LogP contribution in [-0.2, 0) is 0 Å². The zero-order valence-electron chi connectivity index (χ0n) is 10.1. The Morgan fingerprint density at radius 1 is 1.05 bits per heavy atom. The summed E-state index contributed by atoms with van der Waals surface area (Å²) in [5.41, 5.74) is 2.10. The lowest BCUT2D eigenvalue weighted by atomic mass is 10.0. The maximum absolute atomic E-state index is 11.9. The fraction of sp³-hybridized carbons (Fsp3) is 0.143. The van der Waals surface area contributed by atoms with Gasteiger partial charge in [0.1, 0.15) is 5.76 Å². The lowest BCUT2D eigenvalue weighted by molar-refractivity contribution is 0.0957. The van der Waals surface area contributed by atoms with Crippen molar-refractivity contribution in [3.05, 3.63) is 41.7 Å². The van der Waals surface area contributed by atoms with Gasteiger partial charge in [0.25, 0.3) is 5.91 Å². The minimum absolute atomic E-state index is 0.107. The predicted octanol–water partition coefficient (Wildman–Crippen LogP) is 1.91. The third-order valence-corrected chi connectivity index (χ3v) is 3.03. The van der Waals surface area contributed by atoms with Gasteiger partial charge in [-0.3, -0.25) is 9.59 Å². The molecule has 0 radical (unpaired) electrons. The van der Waals surface area contributed by atoms with E-state index in [2.05, 4.69) is 10.6 Å². The topological polar surface area (TPSA) is 71.3 Å². The summed E-state index contributed by atoms with van der Waals surface area (Å²) in [6.07, 6.45) is 0.658. The third kappa shape index (κ3) is 1.99. The summed E-state index contributed by atoms with van der Waals surface area (Å²) >= 11 is 0. The Balaban J connectivity index is 2.14. The number of fused-ring (bicyclic) bond motifs is 1. The number of anilines is 1. The van der Waals surface area contributed by atoms with Crippen molar-refractivity contribution in [2.75, 3.05) is 18.4 Å². The molecule has 0 bridgehead atoms. The van der Waals surface area contributed by atoms with E-state index in [-0.39, 0.29) is 11.7 Å². The molecule has 0 saturated heterocycles. The van der Waals surface area contributed by atoms with Crippen molar-refractivity contribution < 1.29 is 14.0 Å². The lowest BCUT2D eigenvalue weighted by Crippen LogP contribution is -2.24. The third-order valence-electron chi connectivity index (χ3n) is 3.03. The standard InChI is InChI=1S/C14H12N2O3/c17-8-9-4-5-12(19-9)10-2-1-3-11-13(10)15-6-7-16-14(11)18/h1-5,8,15H,6-7H2,(H,16,18). The van der Waals surface area contributed by atoms with E-state index in [0.29, 0.717) is 30.7 Å². The predicted molar refractivity (Wildman–Crippen MR) is 70.4 cm³/mol. The molecule has 0 saturated carbocycles. The molecule has 96 valence electrons. The van der Waals surface area contributed by atoms with Gasteiger partial charge in [-0.1, -0.05) is 6.07 Å². The number of benzene rings is 1. The first-order valence-corrected chi connectivity index (χ1v) is 6.00. The van der Waals surface area contributed by atoms with Crippen molar-refractivity contribution in [2.45, 2.75) is 0 Å². The molecule has 5 nitrogen and oxygen atoms in total. The molecule has 0 atom stereocenters. The van der Waals surface area contributed by atoms with Crippen LogP contribution in [0.1, 0.15) is 20.9 Å². The molecule has 1 amide bonds. The first-order valence-electron chi connectivity index (χ1n) is 6.00. The van der Waals surface area contributed by atoms with Crippen LogP contribution in [0.5, 0.6) is 0 Å². The molecule has 1 aliphatic heterocycles. The summed E-state index contributed by atoms with van der Waals surface area (Å²) in [5.74, 6) is 0.732. The minimum Gasteiger partial charge on any atom is -0.453 e. The van der Waals surface area contributed by atoms with E-state index >= 15 is 0 Å². The smallest absolute Gasteiger partial charge is 0.253 e. The van der Waals surface area contributed by atoms with Crippen LogP contribution in [0.15, 0.2) is 34.7 Å². The van der Waals surface area contributed by atoms with E-state index in [1.807, 2.05) is 6.07 Å². The van der Waals surface area contributed by atoms with E-state index in [1.54, 1.807) is 24.3 Å². The number of aldehydes is 1. The van der Waals surface area contributed by atoms with Crippen LogP contribution >= 0.6 is 0 Å². The largest absolute Gasteiger partial charge is 0.453 e. The minimum atomic E-state index is -0.107. The number of nitrogens with one attached hydrogen (secondary N) is 2. The van der Waals surface area contributed by atoms with Crippen LogP contribution in [-0.4, -0.2) is 25.3 Å². The average molecular weight is 256 g/mol. The van der Waals surface area contributed by atoms with Gasteiger partial charge in [-0.15, -0.1) is 0 Å². The molecule has 2 N–H and O–H groups in total. The number of furan rings is 1. The van der Waals surface area contributed by atoms with Gasteiger partial charge in [0.05, 0.1) is 11.3 Å². The summed E-state index contributed by atoms with van der Waals surface area (Å²) < 4.78 is 5.42. The highest BCUT2D eigenvalue weighted by atomic mass is 16.3. The summed E-state index contributed by atoms with van der Waals surface area (Å²) in [6.45, 7) is 1.22. The van der Waals surface area contributed by atoms with Crippen LogP contribution < -0.4 is 10.6 Å². The molecular weight excluding hydrogens is 244 g/mol. The van der Waals surface area contributed by atoms with Crippen LogP contribution in [0, 0.1) is 0 Å². The SMILES string of the molecule is O=Cc1ccc(-c2cccc3c2NCCNC3=O)o1. The summed E-state index contributed by atoms with van der Waals surface area (Å²) in [6, 6.07) is 8.75. The maximum atomic E-state index is 11.9. The molecule has 0 unspecified atom stereocenters. The average Bonchev–Trinajstić information content (AvgIpc) is 2.84. The number of hydrogen-bond donors (Lipinski definition) is 2. The Bertz CT molecular complexity index is 646. The summed E-state index contributed by atoms with van der Waals surface area (Å²) in [4.78, 5) is 22.6. The van der Waals surface area contributed by atoms with Gasteiger partial charge in [-0.2, -0.15) is 0 Å². The monoisotopic (exact) mass is 256 g/mol. The number of carbonyl (C=O) groups excluding carboxylic acids is 2. The molecule has 0 fully saturated rings. The highest BCUT2D eigenvalue weighted by Gasteiger charge is 2.19. The Hall–Kier alpha value is -2.56. The zero-order chi connectivity index (χ0) is 13.2. The first kappa shape index (κ1) is 11.5. The highest BCUT2D eigenvalue weighted by Crippen LogP contribution is 2.32. The van der Waals surface area contributed by atoms with Crippen molar-refractivity contribution in [2.24, 2.45) is 0 Å². The summed E-state index contributed by atoms with van der Waals surface area (Å²) in [5, 5.41) is 6.03. The van der Waals surface area contributed by atoms with Crippen LogP contribution in [0.4, 0.5) is 5.69 Å². The first-order chi connectivity index (χ1) is 9.29. The van der Waals surface area contributed by atoms with Gasteiger partial charge < -0.3 is 15.1 Å². The van der Waals surface area contributed by atoms with Gasteiger partial charge in [0.2, 0.25) is 0 Å². The normalized spacial score (nSPS) is 14.0. The van der Waals surface area contributed by atoms with Gasteiger partial charge in [0, 0.05) is 18.7 Å². The van der Waals surface area contributed by atoms with Gasteiger partial charge >= 0.3 is 0 Å². The van der Waals surface area contributed by atoms with Crippen LogP contribution in [0.25, 0.3) is 11.3 Å². The number of rotatable bonds is 2. The van der Waals surface area contributed by atoms with E-state index in [0.717, 1.165) is 11.3 Å². The second kappa shape index (κ2) is 4.61. The van der Waals surface area contributed by atoms with Gasteiger partial charge in [0.15, 0.2) is 12.0 Å². The number of para-hydroxylation sites is 1. The highest BCUT2D eigenvalue weighted by molar-refractivity contribution is 6.03. The lowest BCUT2D eigenvalue weighted by Gasteiger charge is -2.10. The van der Waals surface area contributed by atoms with Crippen molar-refractivity contribution in [1.82, 2.24) is 5.32 Å². The van der Waals surface area contributed by atoms with Gasteiger partial charge in [-0.05, 0) is 24.3 Å². The summed E-state index contributed by atoms with van der Waals surface area (Å²) in [7, 11) is 0. The molecule has 5 heteroatoms. The van der Waals surface area contributed by atoms with Crippen molar-refractivity contribution in [1.29, 1.82) is 0 Å². The Morgan fingerprint density at radius 2 is 1.84 bits per heavy atom. The Labute approximate surface area is 109 Å². The van der Waals surface area contributed by atoms with Crippen molar-refractivity contribution >= 4 is 17.9 Å². The van der Waals surface area contributed by atoms with Crippen molar-refractivity contribution in [3.63, 3.8) is 0 Å². The van der Waals surface area contributed by atoms with Gasteiger partial charge in [-0.25, -0.2) is 0 Å². The van der Waals surface area contributed by atoms with E-state index < -0.39 is 0 Å². The second-order valence-corrected chi connectivity index (χ2v) is 4.23. The van der Waals surface area contributed by atoms with E-state index in [1.165, 1.54) is 0 Å². The molecule has 0 aliphatic carbocycles. The maximum Gasteiger partial charge on any atom is 0.253 e. The molecule has 2 aromatic rings. The fourth-order valence-corrected chi connectivity index (χ4v) is 2.16. The van der Waals surface area contributed by atoms with E-state index in [4.69, 9.17) is 4.42 Å². The number of amides is 1. The zero-order valence-corrected chi connectivity index (χ0v) is 10.1. The quantitative estimate of drug-likeness (QED) is 0.805. The second-order valence-electron chi connectivity index (χ2n) is 4.23. The molecule has 1 aromatic carbocycles. The Morgan fingerprint density at radius 3 is 2.63 bits per heavy atom. The molecule has 2 heterocycles. The molecule has 3 rings (SSSR count). The fourth-order valence-electron chi connectivity index (χ4n) is 2.16. The van der Waals surface area contributed by atoms with Crippen LogP contribution in [0.3, 0.4) is 0 Å². The molecule has 0 spiro atoms. The Kier molecular flexibility index (Phi) is 2.79. The van der Waals surface area contributed by atoms with E-state index in [9.17, 15) is 9.59 Å². The molecule has 19 heavy (non-hydrogen) atoms. The van der Waals surface area contributed by atoms with Crippen molar-refractivity contribution in [3.8, 4) is 11.3 Å². The number of carbonyl (C=O) groups is 2.